The molecule has 0 spiro atoms. The number of hydrogen-bond donors (Lipinski definition) is 5. The van der Waals surface area contributed by atoms with E-state index in [-0.39, 0.29) is 30.0 Å². The minimum absolute atomic E-state index is 0.0762. The number of anilines is 1. The first-order chi connectivity index (χ1) is 21.1. The van der Waals surface area contributed by atoms with Crippen molar-refractivity contribution >= 4 is 36.9 Å². The average molecular weight is 629 g/mol. The molecule has 1 fully saturated rings. The molecule has 1 amide bonds. The molecule has 1 unspecified atom stereocenters. The van der Waals surface area contributed by atoms with E-state index in [4.69, 9.17) is 24.3 Å². The predicted octanol–water partition coefficient (Wildman–Crippen LogP) is 1.23. The number of aliphatic hydroxyl groups is 2. The normalized spacial score (nSPS) is 21.8. The molecule has 44 heavy (non-hydrogen) atoms. The third-order valence-electron chi connectivity index (χ3n) is 6.68. The van der Waals surface area contributed by atoms with Crippen LogP contribution in [-0.2, 0) is 40.9 Å². The molecule has 5 rings (SSSR count). The van der Waals surface area contributed by atoms with E-state index in [0.29, 0.717) is 11.1 Å². The van der Waals surface area contributed by atoms with Gasteiger partial charge in [0.1, 0.15) is 42.8 Å². The fourth-order valence-corrected chi connectivity index (χ4v) is 5.22. The van der Waals surface area contributed by atoms with Gasteiger partial charge in [0.25, 0.3) is 0 Å². The van der Waals surface area contributed by atoms with Gasteiger partial charge >= 0.3 is 19.9 Å². The summed E-state index contributed by atoms with van der Waals surface area (Å²) in [6.07, 6.45) is -4.20. The molecule has 1 aliphatic heterocycles. The number of phosphoric acid groups is 1. The van der Waals surface area contributed by atoms with Crippen molar-refractivity contribution in [3.63, 3.8) is 0 Å². The molecule has 6 atom stereocenters. The number of alkyl carbamates (subject to hydrolysis) is 1. The molecular formula is C27H29N6O10P. The van der Waals surface area contributed by atoms with Crippen molar-refractivity contribution in [1.82, 2.24) is 24.8 Å². The molecule has 16 nitrogen and oxygen atoms in total. The minimum atomic E-state index is -5.11. The largest absolute Gasteiger partial charge is 0.529 e. The van der Waals surface area contributed by atoms with Crippen LogP contribution < -0.4 is 11.1 Å². The summed E-state index contributed by atoms with van der Waals surface area (Å²) in [4.78, 5) is 47.8. The van der Waals surface area contributed by atoms with E-state index in [9.17, 15) is 29.3 Å². The van der Waals surface area contributed by atoms with Crippen LogP contribution in [0.4, 0.5) is 10.6 Å². The molecule has 232 valence electrons. The highest BCUT2D eigenvalue weighted by molar-refractivity contribution is 7.48. The van der Waals surface area contributed by atoms with Crippen LogP contribution >= 0.6 is 7.82 Å². The van der Waals surface area contributed by atoms with Gasteiger partial charge in [0.05, 0.1) is 12.9 Å². The number of phosphoric ester groups is 1. The van der Waals surface area contributed by atoms with Crippen molar-refractivity contribution in [2.45, 2.75) is 43.6 Å². The number of nitrogens with two attached hydrogens (primary N) is 1. The van der Waals surface area contributed by atoms with Crippen LogP contribution in [0.15, 0.2) is 73.3 Å². The number of carbonyl (C=O) groups is 2. The van der Waals surface area contributed by atoms with Crippen LogP contribution in [0.1, 0.15) is 17.4 Å². The zero-order chi connectivity index (χ0) is 31.3. The third-order valence-corrected chi connectivity index (χ3v) is 7.56. The van der Waals surface area contributed by atoms with Crippen LogP contribution in [-0.4, -0.2) is 77.6 Å². The highest BCUT2D eigenvalue weighted by Gasteiger charge is 2.46. The Morgan fingerprint density at radius 3 is 2.41 bits per heavy atom. The van der Waals surface area contributed by atoms with E-state index in [1.807, 2.05) is 0 Å². The van der Waals surface area contributed by atoms with Gasteiger partial charge in [-0.3, -0.25) is 14.0 Å². The van der Waals surface area contributed by atoms with Crippen LogP contribution in [0.5, 0.6) is 0 Å². The van der Waals surface area contributed by atoms with Crippen molar-refractivity contribution in [3.8, 4) is 0 Å². The van der Waals surface area contributed by atoms with Crippen molar-refractivity contribution in [3.05, 3.63) is 84.4 Å². The van der Waals surface area contributed by atoms with Crippen molar-refractivity contribution < 1.29 is 47.8 Å². The van der Waals surface area contributed by atoms with E-state index in [1.54, 1.807) is 60.7 Å². The van der Waals surface area contributed by atoms with Gasteiger partial charge in [-0.25, -0.2) is 29.1 Å². The molecular weight excluding hydrogens is 599 g/mol. The molecule has 0 saturated carbocycles. The Morgan fingerprint density at radius 1 is 1.02 bits per heavy atom. The minimum Gasteiger partial charge on any atom is -0.445 e. The summed E-state index contributed by atoms with van der Waals surface area (Å²) < 4.78 is 34.6. The molecule has 1 saturated heterocycles. The first-order valence-corrected chi connectivity index (χ1v) is 14.8. The monoisotopic (exact) mass is 628 g/mol. The maximum absolute atomic E-state index is 13.0. The number of hydrogen-bond acceptors (Lipinski definition) is 13. The van der Waals surface area contributed by atoms with E-state index < -0.39 is 57.1 Å². The standard InChI is InChI=1S/C27H29N6O10P/c28-23-20-24(30-14-29-23)33(15-31-20)25-22(35)21(34)19(42-25)13-41-44(38,39)43-26(36)18(11-16-7-3-1-4-8-16)32-27(37)40-12-17-9-5-2-6-10-17/h1-10,14-15,18-19,21-22,25,34-35H,11-13H2,(H,32,37)(H,38,39)(H2,28,29,30)/t18-,19+,21+,22+,25+/m0/s1. The van der Waals surface area contributed by atoms with E-state index in [0.717, 1.165) is 0 Å². The van der Waals surface area contributed by atoms with Gasteiger partial charge in [0, 0.05) is 6.42 Å². The number of nitrogen functional groups attached to an aromatic ring is 1. The lowest BCUT2D eigenvalue weighted by Crippen LogP contribution is -2.43. The zero-order valence-electron chi connectivity index (χ0n) is 22.9. The summed E-state index contributed by atoms with van der Waals surface area (Å²) >= 11 is 0. The molecule has 0 aliphatic carbocycles. The number of amides is 1. The van der Waals surface area contributed by atoms with E-state index in [2.05, 4.69) is 20.3 Å². The van der Waals surface area contributed by atoms with Gasteiger partial charge in [-0.05, 0) is 11.1 Å². The zero-order valence-corrected chi connectivity index (χ0v) is 23.8. The van der Waals surface area contributed by atoms with Gasteiger partial charge in [-0.1, -0.05) is 60.7 Å². The second-order valence-electron chi connectivity index (χ2n) is 9.75. The molecule has 3 heterocycles. The first kappa shape index (κ1) is 31.0. The Hall–Kier alpha value is -4.44. The fourth-order valence-electron chi connectivity index (χ4n) is 4.47. The number of ether oxygens (including phenoxy) is 2. The number of carbonyl (C=O) groups excluding carboxylic acids is 2. The molecule has 1 aliphatic rings. The topological polar surface area (TPSA) is 230 Å². The summed E-state index contributed by atoms with van der Waals surface area (Å²) in [5.41, 5.74) is 7.58. The number of benzene rings is 2. The number of nitrogens with one attached hydrogen (secondary N) is 1. The number of rotatable bonds is 11. The molecule has 2 aromatic heterocycles. The van der Waals surface area contributed by atoms with Gasteiger partial charge in [0.15, 0.2) is 17.7 Å². The lowest BCUT2D eigenvalue weighted by Gasteiger charge is -2.21. The van der Waals surface area contributed by atoms with E-state index >= 15 is 0 Å². The van der Waals surface area contributed by atoms with Crippen molar-refractivity contribution in [1.29, 1.82) is 0 Å². The Balaban J connectivity index is 1.21. The smallest absolute Gasteiger partial charge is 0.445 e. The summed E-state index contributed by atoms with van der Waals surface area (Å²) in [6.45, 7) is -0.831. The lowest BCUT2D eigenvalue weighted by molar-refractivity contribution is -0.138. The van der Waals surface area contributed by atoms with Gasteiger partial charge in [-0.15, -0.1) is 0 Å². The Kier molecular flexibility index (Phi) is 9.49. The Bertz CT molecular complexity index is 1640. The van der Waals surface area contributed by atoms with Crippen LogP contribution in [0.2, 0.25) is 0 Å². The number of nitrogens with zero attached hydrogens (tertiary/aromatic N) is 4. The van der Waals surface area contributed by atoms with Gasteiger partial charge in [-0.2, -0.15) is 0 Å². The average Bonchev–Trinajstić information content (AvgIpc) is 3.56. The summed E-state index contributed by atoms with van der Waals surface area (Å²) in [5, 5.41) is 23.5. The maximum atomic E-state index is 13.0. The number of aliphatic hydroxyl groups excluding tert-OH is 2. The van der Waals surface area contributed by atoms with E-state index in [1.165, 1.54) is 17.2 Å². The molecule has 0 bridgehead atoms. The van der Waals surface area contributed by atoms with Crippen molar-refractivity contribution in [2.75, 3.05) is 12.3 Å². The van der Waals surface area contributed by atoms with Gasteiger partial charge in [0.2, 0.25) is 0 Å². The predicted molar refractivity (Wildman–Crippen MR) is 151 cm³/mol. The molecule has 17 heteroatoms. The molecule has 6 N–H and O–H groups in total. The number of fused-ring (bicyclic) bond motifs is 1. The first-order valence-electron chi connectivity index (χ1n) is 13.3. The van der Waals surface area contributed by atoms with Crippen LogP contribution in [0.3, 0.4) is 0 Å². The van der Waals surface area contributed by atoms with Crippen LogP contribution in [0, 0.1) is 0 Å². The lowest BCUT2D eigenvalue weighted by atomic mass is 10.1. The highest BCUT2D eigenvalue weighted by Crippen LogP contribution is 2.45. The second kappa shape index (κ2) is 13.5. The number of imidazole rings is 1. The van der Waals surface area contributed by atoms with Crippen molar-refractivity contribution in [2.24, 2.45) is 0 Å². The molecule has 2 aromatic carbocycles. The molecule has 0 radical (unpaired) electrons. The quantitative estimate of drug-likeness (QED) is 0.147. The maximum Gasteiger partial charge on any atom is 0.529 e. The summed E-state index contributed by atoms with van der Waals surface area (Å²) in [6, 6.07) is 16.0. The SMILES string of the molecule is Nc1ncnc2c1ncn2[C@@H]1O[C@H](COP(=O)(O)OC(=O)[C@H](Cc2ccccc2)NC(=O)OCc2ccccc2)[C@@H](O)[C@H]1O. The fraction of sp³-hybridized carbons (Fsp3) is 0.296. The molecule has 4 aromatic rings. The second-order valence-corrected chi connectivity index (χ2v) is 11.1. The van der Waals surface area contributed by atoms with Gasteiger partial charge < -0.3 is 35.3 Å². The third kappa shape index (κ3) is 7.37. The Labute approximate surface area is 250 Å². The summed E-state index contributed by atoms with van der Waals surface area (Å²) in [7, 11) is -5.11. The van der Waals surface area contributed by atoms with Crippen LogP contribution in [0.25, 0.3) is 11.2 Å². The summed E-state index contributed by atoms with van der Waals surface area (Å²) in [5.74, 6) is -1.18. The Morgan fingerprint density at radius 2 is 1.70 bits per heavy atom. The highest BCUT2D eigenvalue weighted by atomic mass is 31.2. The number of aromatic nitrogens is 4.